The highest BCUT2D eigenvalue weighted by Gasteiger charge is 2.31. The third kappa shape index (κ3) is 4.39. The van der Waals surface area contributed by atoms with E-state index in [1.807, 2.05) is 11.4 Å². The molecule has 0 spiro atoms. The smallest absolute Gasteiger partial charge is 0.249 e. The number of hydrogen-bond donors (Lipinski definition) is 1. The van der Waals surface area contributed by atoms with E-state index in [9.17, 15) is 4.79 Å². The van der Waals surface area contributed by atoms with Gasteiger partial charge in [-0.25, -0.2) is 0 Å². The number of thiophene rings is 1. The highest BCUT2D eigenvalue weighted by atomic mass is 32.1. The Bertz CT molecular complexity index is 620. The van der Waals surface area contributed by atoms with E-state index < -0.39 is 0 Å². The summed E-state index contributed by atoms with van der Waals surface area (Å²) in [6.45, 7) is 3.20. The van der Waals surface area contributed by atoms with E-state index in [2.05, 4.69) is 21.5 Å². The predicted octanol–water partition coefficient (Wildman–Crippen LogP) is 2.66. The number of amides is 1. The van der Waals surface area contributed by atoms with Gasteiger partial charge in [-0.1, -0.05) is 11.2 Å². The molecular weight excluding hydrogens is 314 g/mol. The van der Waals surface area contributed by atoms with Crippen molar-refractivity contribution in [3.63, 3.8) is 0 Å². The van der Waals surface area contributed by atoms with E-state index in [0.29, 0.717) is 31.3 Å². The molecule has 3 heterocycles. The Kier molecular flexibility index (Phi) is 5.40. The molecule has 124 valence electrons. The first-order valence-corrected chi connectivity index (χ1v) is 8.80. The summed E-state index contributed by atoms with van der Waals surface area (Å²) in [5, 5.41) is 8.98. The summed E-state index contributed by atoms with van der Waals surface area (Å²) < 4.78 is 10.7. The number of hydrogen-bond acceptors (Lipinski definition) is 6. The van der Waals surface area contributed by atoms with Gasteiger partial charge in [-0.2, -0.15) is 4.98 Å². The number of aryl methyl sites for hydroxylation is 2. The van der Waals surface area contributed by atoms with Crippen molar-refractivity contribution in [3.05, 3.63) is 34.1 Å². The van der Waals surface area contributed by atoms with Gasteiger partial charge in [0.05, 0.1) is 0 Å². The summed E-state index contributed by atoms with van der Waals surface area (Å²) in [5.41, 5.74) is 0. The Morgan fingerprint density at radius 1 is 1.48 bits per heavy atom. The second-order valence-electron chi connectivity index (χ2n) is 5.75. The van der Waals surface area contributed by atoms with Gasteiger partial charge >= 0.3 is 0 Å². The van der Waals surface area contributed by atoms with Crippen molar-refractivity contribution in [1.82, 2.24) is 15.5 Å². The minimum Gasteiger partial charge on any atom is -0.381 e. The van der Waals surface area contributed by atoms with Crippen molar-refractivity contribution in [2.45, 2.75) is 38.6 Å². The highest BCUT2D eigenvalue weighted by molar-refractivity contribution is 7.09. The first kappa shape index (κ1) is 16.1. The highest BCUT2D eigenvalue weighted by Crippen LogP contribution is 2.29. The fourth-order valence-corrected chi connectivity index (χ4v) is 3.52. The van der Waals surface area contributed by atoms with Gasteiger partial charge in [-0.3, -0.25) is 4.79 Å². The number of carbonyl (C=O) groups is 1. The zero-order valence-electron chi connectivity index (χ0n) is 13.2. The molecule has 0 aliphatic carbocycles. The van der Waals surface area contributed by atoms with E-state index in [1.165, 1.54) is 4.88 Å². The lowest BCUT2D eigenvalue weighted by Crippen LogP contribution is -2.36. The molecule has 6 nitrogen and oxygen atoms in total. The standard InChI is InChI=1S/C16H21N3O3S/c1-11-17-16(22-19-11)15(12-6-8-21-9-7-12)18-14(20)5-4-13-3-2-10-23-13/h2-3,10,12,15H,4-9H2,1H3,(H,18,20)/t15-/m1/s1. The van der Waals surface area contributed by atoms with Crippen molar-refractivity contribution in [1.29, 1.82) is 0 Å². The molecule has 1 amide bonds. The maximum absolute atomic E-state index is 12.3. The van der Waals surface area contributed by atoms with Crippen LogP contribution in [0.5, 0.6) is 0 Å². The third-order valence-electron chi connectivity index (χ3n) is 4.04. The average Bonchev–Trinajstić information content (AvgIpc) is 3.23. The lowest BCUT2D eigenvalue weighted by atomic mass is 9.91. The van der Waals surface area contributed by atoms with Crippen LogP contribution in [-0.4, -0.2) is 29.3 Å². The Labute approximate surface area is 139 Å². The topological polar surface area (TPSA) is 77.2 Å². The molecule has 0 radical (unpaired) electrons. The first-order chi connectivity index (χ1) is 11.2. The SMILES string of the molecule is Cc1noc([C@H](NC(=O)CCc2cccs2)C2CCOCC2)n1. The van der Waals surface area contributed by atoms with Crippen molar-refractivity contribution < 1.29 is 14.1 Å². The van der Waals surface area contributed by atoms with Crippen molar-refractivity contribution in [2.75, 3.05) is 13.2 Å². The summed E-state index contributed by atoms with van der Waals surface area (Å²) >= 11 is 1.67. The number of nitrogens with one attached hydrogen (secondary N) is 1. The summed E-state index contributed by atoms with van der Waals surface area (Å²) in [7, 11) is 0. The average molecular weight is 335 g/mol. The molecule has 1 aliphatic rings. The minimum absolute atomic E-state index is 0.0192. The van der Waals surface area contributed by atoms with Gasteiger partial charge in [0.25, 0.3) is 0 Å². The predicted molar refractivity (Wildman–Crippen MR) is 86.1 cm³/mol. The van der Waals surface area contributed by atoms with Gasteiger partial charge in [0.15, 0.2) is 5.82 Å². The zero-order valence-corrected chi connectivity index (χ0v) is 14.0. The van der Waals surface area contributed by atoms with Gasteiger partial charge < -0.3 is 14.6 Å². The molecule has 3 rings (SSSR count). The number of aromatic nitrogens is 2. The molecule has 1 saturated heterocycles. The molecule has 0 bridgehead atoms. The van der Waals surface area contributed by atoms with Gasteiger partial charge in [-0.15, -0.1) is 11.3 Å². The van der Waals surface area contributed by atoms with E-state index in [-0.39, 0.29) is 17.9 Å². The van der Waals surface area contributed by atoms with E-state index in [4.69, 9.17) is 9.26 Å². The van der Waals surface area contributed by atoms with Crippen LogP contribution in [0.3, 0.4) is 0 Å². The molecule has 2 aromatic rings. The van der Waals surface area contributed by atoms with Gasteiger partial charge in [0, 0.05) is 24.5 Å². The van der Waals surface area contributed by atoms with Crippen LogP contribution in [0.25, 0.3) is 0 Å². The summed E-state index contributed by atoms with van der Waals surface area (Å²) in [6, 6.07) is 3.83. The van der Waals surface area contributed by atoms with E-state index >= 15 is 0 Å². The lowest BCUT2D eigenvalue weighted by molar-refractivity contribution is -0.122. The Hall–Kier alpha value is -1.73. The Morgan fingerprint density at radius 3 is 2.96 bits per heavy atom. The monoisotopic (exact) mass is 335 g/mol. The van der Waals surface area contributed by atoms with Crippen LogP contribution in [0.1, 0.15) is 41.9 Å². The van der Waals surface area contributed by atoms with Gasteiger partial charge in [0.1, 0.15) is 6.04 Å². The van der Waals surface area contributed by atoms with E-state index in [0.717, 1.165) is 19.3 Å². The van der Waals surface area contributed by atoms with Crippen LogP contribution in [0.15, 0.2) is 22.0 Å². The van der Waals surface area contributed by atoms with Crippen LogP contribution < -0.4 is 5.32 Å². The first-order valence-electron chi connectivity index (χ1n) is 7.92. The fourth-order valence-electron chi connectivity index (χ4n) is 2.81. The quantitative estimate of drug-likeness (QED) is 0.878. The van der Waals surface area contributed by atoms with Crippen LogP contribution in [-0.2, 0) is 16.0 Å². The molecule has 0 unspecified atom stereocenters. The van der Waals surface area contributed by atoms with Crippen LogP contribution in [0.4, 0.5) is 0 Å². The molecule has 0 saturated carbocycles. The zero-order chi connectivity index (χ0) is 16.1. The molecule has 23 heavy (non-hydrogen) atoms. The largest absolute Gasteiger partial charge is 0.381 e. The minimum atomic E-state index is -0.226. The summed E-state index contributed by atoms with van der Waals surface area (Å²) in [4.78, 5) is 17.9. The van der Waals surface area contributed by atoms with Crippen molar-refractivity contribution in [2.24, 2.45) is 5.92 Å². The van der Waals surface area contributed by atoms with Crippen LogP contribution in [0, 0.1) is 12.8 Å². The van der Waals surface area contributed by atoms with E-state index in [1.54, 1.807) is 18.3 Å². The molecule has 1 fully saturated rings. The molecule has 2 aromatic heterocycles. The second-order valence-corrected chi connectivity index (χ2v) is 6.79. The normalized spacial score (nSPS) is 17.1. The lowest BCUT2D eigenvalue weighted by Gasteiger charge is -2.28. The summed E-state index contributed by atoms with van der Waals surface area (Å²) in [6.07, 6.45) is 2.99. The number of ether oxygens (including phenoxy) is 1. The molecular formula is C16H21N3O3S. The van der Waals surface area contributed by atoms with Crippen molar-refractivity contribution in [3.8, 4) is 0 Å². The van der Waals surface area contributed by atoms with Gasteiger partial charge in [-0.05, 0) is 43.6 Å². The summed E-state index contributed by atoms with van der Waals surface area (Å²) in [5.74, 6) is 1.38. The van der Waals surface area contributed by atoms with Gasteiger partial charge in [0.2, 0.25) is 11.8 Å². The Morgan fingerprint density at radius 2 is 2.30 bits per heavy atom. The number of rotatable bonds is 6. The molecule has 0 aromatic carbocycles. The van der Waals surface area contributed by atoms with Crippen molar-refractivity contribution >= 4 is 17.2 Å². The Balaban J connectivity index is 1.64. The van der Waals surface area contributed by atoms with Crippen LogP contribution >= 0.6 is 11.3 Å². The molecule has 1 N–H and O–H groups in total. The number of carbonyl (C=O) groups excluding carboxylic acids is 1. The molecule has 1 atom stereocenters. The molecule has 1 aliphatic heterocycles. The molecule has 7 heteroatoms. The number of nitrogens with zero attached hydrogens (tertiary/aromatic N) is 2. The fraction of sp³-hybridized carbons (Fsp3) is 0.562. The third-order valence-corrected chi connectivity index (χ3v) is 4.98. The van der Waals surface area contributed by atoms with Crippen LogP contribution in [0.2, 0.25) is 0 Å². The maximum Gasteiger partial charge on any atom is 0.249 e. The second kappa shape index (κ2) is 7.70. The maximum atomic E-state index is 12.3.